The van der Waals surface area contributed by atoms with Gasteiger partial charge in [0.15, 0.2) is 0 Å². The largest absolute Gasteiger partial charge is 0.271 e. The van der Waals surface area contributed by atoms with E-state index >= 15 is 0 Å². The zero-order chi connectivity index (χ0) is 16.4. The number of hydrogen-bond acceptors (Lipinski definition) is 5. The molecule has 6 nitrogen and oxygen atoms in total. The molecule has 0 radical (unpaired) electrons. The summed E-state index contributed by atoms with van der Waals surface area (Å²) in [5.74, 6) is -0.257. The lowest BCUT2D eigenvalue weighted by atomic mass is 10.0. The van der Waals surface area contributed by atoms with Crippen LogP contribution in [0.2, 0.25) is 0 Å². The van der Waals surface area contributed by atoms with Gasteiger partial charge < -0.3 is 0 Å². The first-order valence-electron chi connectivity index (χ1n) is 7.35. The van der Waals surface area contributed by atoms with Crippen molar-refractivity contribution in [3.63, 3.8) is 0 Å². The lowest BCUT2D eigenvalue weighted by Crippen LogP contribution is -2.17. The highest BCUT2D eigenvalue weighted by Gasteiger charge is 2.08. The minimum absolute atomic E-state index is 0.257. The number of hydrazone groups is 1. The molecule has 1 amide bonds. The molecule has 0 atom stereocenters. The van der Waals surface area contributed by atoms with Crippen molar-refractivity contribution in [3.05, 3.63) is 71.8 Å². The van der Waals surface area contributed by atoms with E-state index in [1.807, 2.05) is 42.5 Å². The number of fused-ring (bicyclic) bond motifs is 2. The van der Waals surface area contributed by atoms with Crippen molar-refractivity contribution < 1.29 is 9.42 Å². The second-order valence-corrected chi connectivity index (χ2v) is 5.24. The third kappa shape index (κ3) is 2.61. The van der Waals surface area contributed by atoms with Crippen LogP contribution in [0.5, 0.6) is 0 Å². The Morgan fingerprint density at radius 1 is 1.00 bits per heavy atom. The highest BCUT2D eigenvalue weighted by atomic mass is 16.6. The van der Waals surface area contributed by atoms with Gasteiger partial charge in [0, 0.05) is 5.56 Å². The Hall–Kier alpha value is -3.54. The normalized spacial score (nSPS) is 11.3. The minimum Gasteiger partial charge on any atom is -0.267 e. The zero-order valence-electron chi connectivity index (χ0n) is 12.5. The molecule has 0 aliphatic heterocycles. The van der Waals surface area contributed by atoms with Crippen LogP contribution in [0.15, 0.2) is 70.4 Å². The van der Waals surface area contributed by atoms with E-state index in [1.165, 1.54) is 0 Å². The van der Waals surface area contributed by atoms with Crippen LogP contribution in [0.1, 0.15) is 15.9 Å². The fraction of sp³-hybridized carbons (Fsp3) is 0. The molecule has 0 aliphatic carbocycles. The van der Waals surface area contributed by atoms with Crippen LogP contribution in [0.4, 0.5) is 0 Å². The fourth-order valence-corrected chi connectivity index (χ4v) is 2.53. The summed E-state index contributed by atoms with van der Waals surface area (Å²) in [4.78, 5) is 12.4. The van der Waals surface area contributed by atoms with Crippen LogP contribution in [0.3, 0.4) is 0 Å². The molecule has 1 N–H and O–H groups in total. The van der Waals surface area contributed by atoms with Crippen molar-refractivity contribution in [1.29, 1.82) is 0 Å². The molecule has 6 heteroatoms. The molecule has 4 aromatic rings. The maximum atomic E-state index is 12.4. The first-order valence-corrected chi connectivity index (χ1v) is 7.35. The van der Waals surface area contributed by atoms with Crippen molar-refractivity contribution in [2.45, 2.75) is 0 Å². The van der Waals surface area contributed by atoms with Crippen molar-refractivity contribution in [2.75, 3.05) is 0 Å². The molecule has 0 aliphatic rings. The van der Waals surface area contributed by atoms with Gasteiger partial charge in [-0.3, -0.25) is 4.79 Å². The molecule has 0 bridgehead atoms. The second-order valence-electron chi connectivity index (χ2n) is 5.24. The van der Waals surface area contributed by atoms with Crippen molar-refractivity contribution in [3.8, 4) is 0 Å². The molecular weight excluding hydrogens is 304 g/mol. The Morgan fingerprint density at radius 3 is 2.79 bits per heavy atom. The monoisotopic (exact) mass is 316 g/mol. The first-order chi connectivity index (χ1) is 11.8. The Balaban J connectivity index is 1.55. The lowest BCUT2D eigenvalue weighted by molar-refractivity contribution is 0.0957. The number of aromatic nitrogens is 2. The number of hydrogen-bond donors (Lipinski definition) is 1. The van der Waals surface area contributed by atoms with E-state index in [0.717, 1.165) is 16.3 Å². The van der Waals surface area contributed by atoms with E-state index < -0.39 is 0 Å². The summed E-state index contributed by atoms with van der Waals surface area (Å²) in [5.41, 5.74) is 5.24. The van der Waals surface area contributed by atoms with E-state index in [0.29, 0.717) is 16.6 Å². The molecule has 0 fully saturated rings. The maximum absolute atomic E-state index is 12.4. The van der Waals surface area contributed by atoms with Crippen LogP contribution in [0.25, 0.3) is 21.8 Å². The first kappa shape index (κ1) is 14.1. The summed E-state index contributed by atoms with van der Waals surface area (Å²) in [6.45, 7) is 0. The van der Waals surface area contributed by atoms with Crippen LogP contribution < -0.4 is 5.43 Å². The summed E-state index contributed by atoms with van der Waals surface area (Å²) in [5, 5.41) is 13.4. The summed E-state index contributed by atoms with van der Waals surface area (Å²) < 4.78 is 4.65. The van der Waals surface area contributed by atoms with Crippen molar-refractivity contribution in [2.24, 2.45) is 5.10 Å². The van der Waals surface area contributed by atoms with Crippen LogP contribution in [-0.2, 0) is 0 Å². The number of carbonyl (C=O) groups excluding carboxylic acids is 1. The Bertz CT molecular complexity index is 1060. The fourth-order valence-electron chi connectivity index (χ4n) is 2.53. The molecule has 1 aromatic heterocycles. The average molecular weight is 316 g/mol. The van der Waals surface area contributed by atoms with Gasteiger partial charge >= 0.3 is 0 Å². The zero-order valence-corrected chi connectivity index (χ0v) is 12.5. The summed E-state index contributed by atoms with van der Waals surface area (Å²) >= 11 is 0. The molecule has 0 saturated carbocycles. The highest BCUT2D eigenvalue weighted by molar-refractivity contribution is 6.07. The van der Waals surface area contributed by atoms with Crippen molar-refractivity contribution >= 4 is 33.9 Å². The van der Waals surface area contributed by atoms with Gasteiger partial charge in [-0.1, -0.05) is 42.5 Å². The molecule has 24 heavy (non-hydrogen) atoms. The number of rotatable bonds is 3. The van der Waals surface area contributed by atoms with Gasteiger partial charge in [0.1, 0.15) is 11.0 Å². The molecule has 3 aromatic carbocycles. The number of nitrogens with one attached hydrogen (secondary N) is 1. The van der Waals surface area contributed by atoms with Crippen LogP contribution >= 0.6 is 0 Å². The molecule has 4 rings (SSSR count). The van der Waals surface area contributed by atoms with Gasteiger partial charge in [0.05, 0.1) is 6.21 Å². The lowest BCUT2D eigenvalue weighted by Gasteiger charge is -2.04. The number of benzene rings is 3. The van der Waals surface area contributed by atoms with E-state index in [2.05, 4.69) is 25.5 Å². The number of amides is 1. The molecule has 0 spiro atoms. The van der Waals surface area contributed by atoms with E-state index in [1.54, 1.807) is 24.4 Å². The molecule has 0 unspecified atom stereocenters. The van der Waals surface area contributed by atoms with Gasteiger partial charge in [-0.2, -0.15) is 5.10 Å². The van der Waals surface area contributed by atoms with Gasteiger partial charge in [-0.25, -0.2) is 10.1 Å². The van der Waals surface area contributed by atoms with Gasteiger partial charge in [0.25, 0.3) is 5.91 Å². The maximum Gasteiger partial charge on any atom is 0.271 e. The standard InChI is InChI=1S/C18H12N4O2/c23-18(15-7-3-5-13-4-1-2-6-14(13)15)20-19-11-12-8-9-16-17(10-12)22-24-21-16/h1-11H,(H,20,23). The van der Waals surface area contributed by atoms with E-state index in [4.69, 9.17) is 0 Å². The topological polar surface area (TPSA) is 80.4 Å². The van der Waals surface area contributed by atoms with Gasteiger partial charge in [-0.05, 0) is 44.8 Å². The Kier molecular flexibility index (Phi) is 3.47. The van der Waals surface area contributed by atoms with Gasteiger partial charge in [0.2, 0.25) is 0 Å². The summed E-state index contributed by atoms with van der Waals surface area (Å²) in [6, 6.07) is 18.7. The number of carbonyl (C=O) groups is 1. The third-order valence-corrected chi connectivity index (χ3v) is 3.69. The van der Waals surface area contributed by atoms with Crippen LogP contribution in [0, 0.1) is 0 Å². The molecule has 0 saturated heterocycles. The van der Waals surface area contributed by atoms with Crippen molar-refractivity contribution in [1.82, 2.24) is 15.7 Å². The van der Waals surface area contributed by atoms with E-state index in [-0.39, 0.29) is 5.91 Å². The Morgan fingerprint density at radius 2 is 1.83 bits per heavy atom. The van der Waals surface area contributed by atoms with E-state index in [9.17, 15) is 4.79 Å². The Labute approximate surface area is 136 Å². The van der Waals surface area contributed by atoms with Gasteiger partial charge in [-0.15, -0.1) is 0 Å². The number of nitrogens with zero attached hydrogens (tertiary/aromatic N) is 3. The third-order valence-electron chi connectivity index (χ3n) is 3.69. The molecule has 116 valence electrons. The van der Waals surface area contributed by atoms with Crippen LogP contribution in [-0.4, -0.2) is 22.4 Å². The summed E-state index contributed by atoms with van der Waals surface area (Å²) in [6.07, 6.45) is 1.55. The predicted molar refractivity (Wildman–Crippen MR) is 90.8 cm³/mol. The smallest absolute Gasteiger partial charge is 0.267 e. The highest BCUT2D eigenvalue weighted by Crippen LogP contribution is 2.18. The SMILES string of the molecule is O=C(NN=Cc1ccc2nonc2c1)c1cccc2ccccc12. The molecular formula is C18H12N4O2. The predicted octanol–water partition coefficient (Wildman–Crippen LogP) is 3.14. The summed E-state index contributed by atoms with van der Waals surface area (Å²) in [7, 11) is 0. The molecule has 1 heterocycles. The average Bonchev–Trinajstić information content (AvgIpc) is 3.09. The quantitative estimate of drug-likeness (QED) is 0.465. The second kappa shape index (κ2) is 5.92. The minimum atomic E-state index is -0.257.